The summed E-state index contributed by atoms with van der Waals surface area (Å²) in [5.41, 5.74) is 4.00. The van der Waals surface area contributed by atoms with Gasteiger partial charge in [-0.05, 0) is 54.9 Å². The van der Waals surface area contributed by atoms with Gasteiger partial charge in [0.1, 0.15) is 12.4 Å². The third kappa shape index (κ3) is 3.80. The summed E-state index contributed by atoms with van der Waals surface area (Å²) in [5.74, 6) is 0.226. The molecule has 0 spiro atoms. The fourth-order valence-electron chi connectivity index (χ4n) is 7.91. The predicted octanol–water partition coefficient (Wildman–Crippen LogP) is 6.00. The molecule has 1 N–H and O–H groups in total. The number of para-hydroxylation sites is 2. The average Bonchev–Trinajstić information content (AvgIpc) is 3.72. The number of aromatic amines is 1. The molecule has 3 aromatic carbocycles. The molecule has 2 saturated carbocycles. The molecule has 1 saturated heterocycles. The Hall–Kier alpha value is -3.62. The Morgan fingerprint density at radius 2 is 1.59 bits per heavy atom. The standard InChI is InChI=1S/C33H28N2O4S2/c1-17-11-13-18(14-12-17)16-39-23-10-6-5-9-20(23)24-25-21-15-22(28(25)40-30-29(24)41-33(38)34-30)27-26(21)31(36)35(32(27)37)19-7-3-2-4-8-19/h2-14,21-22,24-28H,15-16H2,1H3,(H,34,38)/t21?,22?,24-,25?,26?,27?,28?/m1/s1. The van der Waals surface area contributed by atoms with Crippen LogP contribution in [0.5, 0.6) is 5.75 Å². The van der Waals surface area contributed by atoms with Crippen LogP contribution in [0.3, 0.4) is 0 Å². The summed E-state index contributed by atoms with van der Waals surface area (Å²) >= 11 is 2.98. The number of H-pyrrole nitrogens is 1. The van der Waals surface area contributed by atoms with E-state index < -0.39 is 0 Å². The van der Waals surface area contributed by atoms with Gasteiger partial charge in [-0.15, -0.1) is 11.8 Å². The summed E-state index contributed by atoms with van der Waals surface area (Å²) in [6.07, 6.45) is 0.861. The molecule has 4 aliphatic rings. The maximum atomic E-state index is 13.9. The number of aryl methyl sites for hydroxylation is 1. The van der Waals surface area contributed by atoms with Gasteiger partial charge in [-0.1, -0.05) is 77.6 Å². The number of thioether (sulfide) groups is 1. The zero-order valence-electron chi connectivity index (χ0n) is 22.4. The van der Waals surface area contributed by atoms with Crippen molar-refractivity contribution in [2.75, 3.05) is 4.90 Å². The number of nitrogens with one attached hydrogen (secondary N) is 1. The number of carbonyl (C=O) groups is 2. The molecule has 6 nitrogen and oxygen atoms in total. The molecule has 3 heterocycles. The molecular formula is C33H28N2O4S2. The van der Waals surface area contributed by atoms with E-state index in [2.05, 4.69) is 42.2 Å². The number of hydrogen-bond donors (Lipinski definition) is 1. The molecule has 6 unspecified atom stereocenters. The zero-order chi connectivity index (χ0) is 27.8. The Morgan fingerprint density at radius 3 is 2.37 bits per heavy atom. The fraction of sp³-hybridized carbons (Fsp3) is 0.303. The number of aromatic nitrogens is 1. The maximum absolute atomic E-state index is 13.9. The second kappa shape index (κ2) is 9.46. The van der Waals surface area contributed by atoms with Crippen molar-refractivity contribution in [1.29, 1.82) is 0 Å². The molecule has 206 valence electrons. The number of ether oxygens (including phenoxy) is 1. The Labute approximate surface area is 245 Å². The minimum absolute atomic E-state index is 0.0631. The van der Waals surface area contributed by atoms with Crippen molar-refractivity contribution < 1.29 is 14.3 Å². The summed E-state index contributed by atoms with van der Waals surface area (Å²) < 4.78 is 6.45. The van der Waals surface area contributed by atoms with Gasteiger partial charge in [-0.3, -0.25) is 19.3 Å². The highest BCUT2D eigenvalue weighted by atomic mass is 32.2. The number of nitrogens with zero attached hydrogens (tertiary/aromatic N) is 1. The first-order valence-electron chi connectivity index (χ1n) is 14.1. The van der Waals surface area contributed by atoms with E-state index in [0.717, 1.165) is 33.2 Å². The first kappa shape index (κ1) is 25.1. The Kier molecular flexibility index (Phi) is 5.80. The minimum atomic E-state index is -0.324. The van der Waals surface area contributed by atoms with E-state index in [9.17, 15) is 14.4 Å². The maximum Gasteiger partial charge on any atom is 0.305 e. The third-order valence-electron chi connectivity index (χ3n) is 9.51. The summed E-state index contributed by atoms with van der Waals surface area (Å²) in [4.78, 5) is 45.8. The van der Waals surface area contributed by atoms with Crippen molar-refractivity contribution in [2.24, 2.45) is 29.6 Å². The lowest BCUT2D eigenvalue weighted by Gasteiger charge is -2.43. The molecule has 2 bridgehead atoms. The summed E-state index contributed by atoms with van der Waals surface area (Å²) in [6, 6.07) is 25.8. The average molecular weight is 581 g/mol. The quantitative estimate of drug-likeness (QED) is 0.293. The number of benzene rings is 3. The van der Waals surface area contributed by atoms with Crippen LogP contribution in [0.15, 0.2) is 88.7 Å². The number of amides is 2. The van der Waals surface area contributed by atoms with Gasteiger partial charge >= 0.3 is 4.87 Å². The van der Waals surface area contributed by atoms with Gasteiger partial charge < -0.3 is 9.72 Å². The number of anilines is 1. The highest BCUT2D eigenvalue weighted by Gasteiger charge is 2.69. The van der Waals surface area contributed by atoms with Crippen molar-refractivity contribution >= 4 is 40.6 Å². The van der Waals surface area contributed by atoms with Crippen LogP contribution >= 0.6 is 23.1 Å². The first-order valence-corrected chi connectivity index (χ1v) is 15.8. The van der Waals surface area contributed by atoms with Gasteiger partial charge in [-0.2, -0.15) is 0 Å². The van der Waals surface area contributed by atoms with E-state index in [1.165, 1.54) is 21.8 Å². The molecule has 2 aliphatic carbocycles. The Balaban J connectivity index is 1.19. The molecule has 41 heavy (non-hydrogen) atoms. The number of carbonyl (C=O) groups excluding carboxylic acids is 2. The summed E-state index contributed by atoms with van der Waals surface area (Å²) in [5, 5.41) is 1.04. The number of fused-ring (bicyclic) bond motifs is 9. The molecular weight excluding hydrogens is 553 g/mol. The molecule has 1 aromatic heterocycles. The van der Waals surface area contributed by atoms with Gasteiger partial charge in [0.2, 0.25) is 11.8 Å². The SMILES string of the molecule is Cc1ccc(COc2ccccc2[C@H]2c3sc(=O)[nH]c3SC3C4CC(C5C(=O)N(c6ccccc6)C(=O)C45)C32)cc1. The van der Waals surface area contributed by atoms with Crippen LogP contribution in [-0.4, -0.2) is 22.0 Å². The van der Waals surface area contributed by atoms with Crippen LogP contribution in [0.2, 0.25) is 0 Å². The summed E-state index contributed by atoms with van der Waals surface area (Å²) in [7, 11) is 0. The molecule has 2 amide bonds. The molecule has 8 rings (SSSR count). The van der Waals surface area contributed by atoms with Gasteiger partial charge in [0, 0.05) is 21.6 Å². The van der Waals surface area contributed by atoms with Crippen LogP contribution in [0, 0.1) is 36.5 Å². The molecule has 2 aliphatic heterocycles. The molecule has 8 heteroatoms. The highest BCUT2D eigenvalue weighted by molar-refractivity contribution is 8.00. The van der Waals surface area contributed by atoms with Crippen molar-refractivity contribution in [2.45, 2.75) is 36.1 Å². The topological polar surface area (TPSA) is 79.5 Å². The van der Waals surface area contributed by atoms with Gasteiger partial charge in [0.05, 0.1) is 22.5 Å². The van der Waals surface area contributed by atoms with Gasteiger partial charge in [-0.25, -0.2) is 0 Å². The predicted molar refractivity (Wildman–Crippen MR) is 159 cm³/mol. The molecule has 3 fully saturated rings. The minimum Gasteiger partial charge on any atom is -0.489 e. The van der Waals surface area contributed by atoms with Crippen molar-refractivity contribution in [3.8, 4) is 5.75 Å². The van der Waals surface area contributed by atoms with Crippen LogP contribution in [0.1, 0.15) is 33.9 Å². The molecule has 0 radical (unpaired) electrons. The highest BCUT2D eigenvalue weighted by Crippen LogP contribution is 2.69. The smallest absolute Gasteiger partial charge is 0.305 e. The van der Waals surface area contributed by atoms with E-state index in [0.29, 0.717) is 12.3 Å². The van der Waals surface area contributed by atoms with Crippen molar-refractivity contribution in [3.05, 3.63) is 110 Å². The van der Waals surface area contributed by atoms with Crippen LogP contribution in [-0.2, 0) is 16.2 Å². The number of thiazole rings is 1. The van der Waals surface area contributed by atoms with Gasteiger partial charge in [0.15, 0.2) is 0 Å². The Morgan fingerprint density at radius 1 is 0.878 bits per heavy atom. The molecule has 4 aromatic rings. The lowest BCUT2D eigenvalue weighted by molar-refractivity contribution is -0.123. The normalized spacial score (nSPS) is 29.4. The first-order chi connectivity index (χ1) is 20.0. The van der Waals surface area contributed by atoms with E-state index in [4.69, 9.17) is 4.74 Å². The number of hydrogen-bond acceptors (Lipinski definition) is 6. The van der Waals surface area contributed by atoms with E-state index in [1.807, 2.05) is 48.5 Å². The monoisotopic (exact) mass is 580 g/mol. The zero-order valence-corrected chi connectivity index (χ0v) is 24.0. The van der Waals surface area contributed by atoms with Crippen LogP contribution in [0.25, 0.3) is 0 Å². The largest absolute Gasteiger partial charge is 0.489 e. The fourth-order valence-corrected chi connectivity index (χ4v) is 10.8. The second-order valence-electron chi connectivity index (χ2n) is 11.6. The van der Waals surface area contributed by atoms with E-state index in [1.54, 1.807) is 11.8 Å². The second-order valence-corrected chi connectivity index (χ2v) is 13.8. The van der Waals surface area contributed by atoms with Gasteiger partial charge in [0.25, 0.3) is 0 Å². The Bertz CT molecular complexity index is 1730. The van der Waals surface area contributed by atoms with Crippen LogP contribution in [0.4, 0.5) is 5.69 Å². The molecule has 7 atom stereocenters. The number of rotatable bonds is 5. The van der Waals surface area contributed by atoms with E-state index in [-0.39, 0.29) is 57.4 Å². The van der Waals surface area contributed by atoms with Crippen molar-refractivity contribution in [1.82, 2.24) is 4.98 Å². The van der Waals surface area contributed by atoms with Crippen LogP contribution < -0.4 is 14.5 Å². The summed E-state index contributed by atoms with van der Waals surface area (Å²) in [6.45, 7) is 2.51. The van der Waals surface area contributed by atoms with E-state index >= 15 is 0 Å². The number of imide groups is 1. The lowest BCUT2D eigenvalue weighted by Crippen LogP contribution is -2.42. The van der Waals surface area contributed by atoms with Crippen molar-refractivity contribution in [3.63, 3.8) is 0 Å². The lowest BCUT2D eigenvalue weighted by atomic mass is 9.68. The third-order valence-corrected chi connectivity index (χ3v) is 12.1.